The highest BCUT2D eigenvalue weighted by molar-refractivity contribution is 9.10. The van der Waals surface area contributed by atoms with E-state index in [4.69, 9.17) is 14.2 Å². The fraction of sp³-hybridized carbons (Fsp3) is 0.211. The van der Waals surface area contributed by atoms with E-state index in [0.29, 0.717) is 21.5 Å². The molecule has 0 fully saturated rings. The molecule has 0 N–H and O–H groups in total. The fourth-order valence-electron chi connectivity index (χ4n) is 2.07. The standard InChI is InChI=1S/C19H18BrFO4/c1-3-4-13-5-8-17(18(9-13)23-2)24-12-19(22)25-11-14-6-7-15(20)10-16(14)21/h3-10H,11-12H2,1-2H3/b4-3+. The van der Waals surface area contributed by atoms with Crippen molar-refractivity contribution in [3.63, 3.8) is 0 Å². The van der Waals surface area contributed by atoms with Gasteiger partial charge in [0.2, 0.25) is 0 Å². The number of carbonyl (C=O) groups is 1. The van der Waals surface area contributed by atoms with E-state index in [-0.39, 0.29) is 13.2 Å². The van der Waals surface area contributed by atoms with Crippen LogP contribution in [0, 0.1) is 5.82 Å². The topological polar surface area (TPSA) is 44.8 Å². The lowest BCUT2D eigenvalue weighted by atomic mass is 10.2. The number of allylic oxidation sites excluding steroid dienone is 1. The largest absolute Gasteiger partial charge is 0.493 e. The summed E-state index contributed by atoms with van der Waals surface area (Å²) in [6, 6.07) is 9.92. The molecule has 0 bridgehead atoms. The van der Waals surface area contributed by atoms with Crippen molar-refractivity contribution in [1.82, 2.24) is 0 Å². The van der Waals surface area contributed by atoms with Gasteiger partial charge >= 0.3 is 5.97 Å². The van der Waals surface area contributed by atoms with Crippen molar-refractivity contribution < 1.29 is 23.4 Å². The highest BCUT2D eigenvalue weighted by Gasteiger charge is 2.11. The molecule has 2 rings (SSSR count). The van der Waals surface area contributed by atoms with Crippen LogP contribution in [0.15, 0.2) is 46.9 Å². The van der Waals surface area contributed by atoms with Crippen LogP contribution in [0.25, 0.3) is 6.08 Å². The average Bonchev–Trinajstić information content (AvgIpc) is 2.60. The Hall–Kier alpha value is -2.34. The number of methoxy groups -OCH3 is 1. The number of benzene rings is 2. The predicted molar refractivity (Wildman–Crippen MR) is 97.1 cm³/mol. The Bertz CT molecular complexity index is 774. The number of ether oxygens (including phenoxy) is 3. The maximum atomic E-state index is 13.7. The van der Waals surface area contributed by atoms with Crippen LogP contribution in [-0.4, -0.2) is 19.7 Å². The van der Waals surface area contributed by atoms with Gasteiger partial charge in [-0.15, -0.1) is 0 Å². The van der Waals surface area contributed by atoms with E-state index in [1.165, 1.54) is 13.2 Å². The minimum absolute atomic E-state index is 0.154. The first-order valence-corrected chi connectivity index (χ1v) is 8.36. The monoisotopic (exact) mass is 408 g/mol. The number of esters is 1. The molecular weight excluding hydrogens is 391 g/mol. The second-order valence-corrected chi connectivity index (χ2v) is 6.01. The first kappa shape index (κ1) is 19.0. The van der Waals surface area contributed by atoms with Gasteiger partial charge < -0.3 is 14.2 Å². The molecular formula is C19H18BrFO4. The van der Waals surface area contributed by atoms with Crippen LogP contribution in [0.1, 0.15) is 18.1 Å². The molecule has 0 radical (unpaired) electrons. The molecule has 0 aliphatic rings. The molecule has 6 heteroatoms. The summed E-state index contributed by atoms with van der Waals surface area (Å²) >= 11 is 3.17. The maximum Gasteiger partial charge on any atom is 0.344 e. The van der Waals surface area contributed by atoms with Crippen molar-refractivity contribution >= 4 is 28.0 Å². The van der Waals surface area contributed by atoms with Gasteiger partial charge in [0, 0.05) is 10.0 Å². The van der Waals surface area contributed by atoms with E-state index in [1.807, 2.05) is 25.1 Å². The lowest BCUT2D eigenvalue weighted by Crippen LogP contribution is -2.15. The third-order valence-electron chi connectivity index (χ3n) is 3.30. The summed E-state index contributed by atoms with van der Waals surface area (Å²) in [5.41, 5.74) is 1.25. The van der Waals surface area contributed by atoms with Crippen LogP contribution in [0.3, 0.4) is 0 Å². The smallest absolute Gasteiger partial charge is 0.344 e. The lowest BCUT2D eigenvalue weighted by molar-refractivity contribution is -0.147. The minimum Gasteiger partial charge on any atom is -0.493 e. The van der Waals surface area contributed by atoms with Gasteiger partial charge in [-0.2, -0.15) is 0 Å². The third-order valence-corrected chi connectivity index (χ3v) is 3.79. The molecule has 2 aromatic rings. The first-order valence-electron chi connectivity index (χ1n) is 7.56. The Kier molecular flexibility index (Phi) is 7.01. The zero-order chi connectivity index (χ0) is 18.2. The molecule has 0 saturated heterocycles. The Balaban J connectivity index is 1.91. The van der Waals surface area contributed by atoms with Gasteiger partial charge in [-0.05, 0) is 36.8 Å². The zero-order valence-corrected chi connectivity index (χ0v) is 15.5. The van der Waals surface area contributed by atoms with Gasteiger partial charge in [-0.25, -0.2) is 9.18 Å². The second-order valence-electron chi connectivity index (χ2n) is 5.10. The van der Waals surface area contributed by atoms with Crippen molar-refractivity contribution in [1.29, 1.82) is 0 Å². The van der Waals surface area contributed by atoms with Crippen LogP contribution >= 0.6 is 15.9 Å². The molecule has 0 amide bonds. The van der Waals surface area contributed by atoms with E-state index in [2.05, 4.69) is 15.9 Å². The van der Waals surface area contributed by atoms with Gasteiger partial charge in [-0.1, -0.05) is 40.2 Å². The minimum atomic E-state index is -0.595. The molecule has 0 aliphatic carbocycles. The summed E-state index contributed by atoms with van der Waals surface area (Å²) in [7, 11) is 1.52. The molecule has 25 heavy (non-hydrogen) atoms. The molecule has 2 aromatic carbocycles. The van der Waals surface area contributed by atoms with Crippen molar-refractivity contribution in [2.45, 2.75) is 13.5 Å². The normalized spacial score (nSPS) is 10.7. The zero-order valence-electron chi connectivity index (χ0n) is 13.9. The molecule has 0 aromatic heterocycles. The van der Waals surface area contributed by atoms with E-state index >= 15 is 0 Å². The summed E-state index contributed by atoms with van der Waals surface area (Å²) in [6.45, 7) is 1.47. The summed E-state index contributed by atoms with van der Waals surface area (Å²) in [4.78, 5) is 11.8. The van der Waals surface area contributed by atoms with Crippen molar-refractivity contribution in [3.05, 3.63) is 63.9 Å². The van der Waals surface area contributed by atoms with Gasteiger partial charge in [0.25, 0.3) is 0 Å². The number of rotatable bonds is 7. The maximum absolute atomic E-state index is 13.7. The summed E-state index contributed by atoms with van der Waals surface area (Å²) in [6.07, 6.45) is 3.83. The average molecular weight is 409 g/mol. The summed E-state index contributed by atoms with van der Waals surface area (Å²) < 4.78 is 30.0. The number of hydrogen-bond acceptors (Lipinski definition) is 4. The van der Waals surface area contributed by atoms with Crippen LogP contribution in [0.2, 0.25) is 0 Å². The lowest BCUT2D eigenvalue weighted by Gasteiger charge is -2.11. The summed E-state index contributed by atoms with van der Waals surface area (Å²) in [5, 5.41) is 0. The van der Waals surface area contributed by atoms with E-state index < -0.39 is 11.8 Å². The number of hydrogen-bond donors (Lipinski definition) is 0. The van der Waals surface area contributed by atoms with E-state index in [9.17, 15) is 9.18 Å². The molecule has 0 heterocycles. The Morgan fingerprint density at radius 1 is 1.20 bits per heavy atom. The van der Waals surface area contributed by atoms with Crippen LogP contribution in [0.5, 0.6) is 11.5 Å². The molecule has 0 spiro atoms. The number of halogens is 2. The van der Waals surface area contributed by atoms with Gasteiger partial charge in [-0.3, -0.25) is 0 Å². The van der Waals surface area contributed by atoms with Crippen LogP contribution in [-0.2, 0) is 16.1 Å². The Morgan fingerprint density at radius 3 is 2.68 bits per heavy atom. The van der Waals surface area contributed by atoms with E-state index in [0.717, 1.165) is 5.56 Å². The molecule has 0 atom stereocenters. The summed E-state index contributed by atoms with van der Waals surface area (Å²) in [5.74, 6) is -0.0869. The number of carbonyl (C=O) groups excluding carboxylic acids is 1. The molecule has 132 valence electrons. The Labute approximate surface area is 154 Å². The predicted octanol–water partition coefficient (Wildman–Crippen LogP) is 4.75. The highest BCUT2D eigenvalue weighted by Crippen LogP contribution is 2.28. The van der Waals surface area contributed by atoms with Crippen molar-refractivity contribution in [3.8, 4) is 11.5 Å². The van der Waals surface area contributed by atoms with E-state index in [1.54, 1.807) is 24.3 Å². The molecule has 0 unspecified atom stereocenters. The molecule has 4 nitrogen and oxygen atoms in total. The van der Waals surface area contributed by atoms with Crippen LogP contribution < -0.4 is 9.47 Å². The van der Waals surface area contributed by atoms with Gasteiger partial charge in [0.15, 0.2) is 18.1 Å². The third kappa shape index (κ3) is 5.60. The molecule has 0 saturated carbocycles. The van der Waals surface area contributed by atoms with Crippen molar-refractivity contribution in [2.24, 2.45) is 0 Å². The highest BCUT2D eigenvalue weighted by atomic mass is 79.9. The second kappa shape index (κ2) is 9.22. The first-order chi connectivity index (χ1) is 12.0. The van der Waals surface area contributed by atoms with Crippen LogP contribution in [0.4, 0.5) is 4.39 Å². The van der Waals surface area contributed by atoms with Gasteiger partial charge in [0.05, 0.1) is 7.11 Å². The SMILES string of the molecule is C/C=C/c1ccc(OCC(=O)OCc2ccc(Br)cc2F)c(OC)c1. The fourth-order valence-corrected chi connectivity index (χ4v) is 2.41. The molecule has 0 aliphatic heterocycles. The van der Waals surface area contributed by atoms with Gasteiger partial charge in [0.1, 0.15) is 12.4 Å². The quantitative estimate of drug-likeness (QED) is 0.619. The Morgan fingerprint density at radius 2 is 2.00 bits per heavy atom. The van der Waals surface area contributed by atoms with Crippen molar-refractivity contribution in [2.75, 3.05) is 13.7 Å².